The maximum absolute atomic E-state index is 11.9. The highest BCUT2D eigenvalue weighted by atomic mass is 32.2. The molecule has 1 aromatic heterocycles. The lowest BCUT2D eigenvalue weighted by molar-refractivity contribution is -0.743. The Morgan fingerprint density at radius 2 is 1.85 bits per heavy atom. The van der Waals surface area contributed by atoms with Gasteiger partial charge in [-0.25, -0.2) is 8.42 Å². The molecule has 1 heterocycles. The van der Waals surface area contributed by atoms with Crippen molar-refractivity contribution < 1.29 is 27.2 Å². The number of aryl methyl sites for hydroxylation is 2. The van der Waals surface area contributed by atoms with Gasteiger partial charge in [0, 0.05) is 12.7 Å². The van der Waals surface area contributed by atoms with E-state index < -0.39 is 10.1 Å². The van der Waals surface area contributed by atoms with E-state index in [1.807, 2.05) is 18.5 Å². The van der Waals surface area contributed by atoms with Crippen molar-refractivity contribution in [2.24, 2.45) is 0 Å². The second-order valence-electron chi connectivity index (χ2n) is 6.34. The van der Waals surface area contributed by atoms with Gasteiger partial charge in [-0.1, -0.05) is 19.8 Å². The standard InChI is InChI=1S/C17H23N3O2.CH4O3S/c1-4-5-6-7-16(21)22-17-13(2)8-15(9-14(17)3)10-20-12-18-11-19-20;1-5(2,3)4/h8-9,11-12H,4-7,10H2,1-3H3;1H3,(H,2,3,4). The Labute approximate surface area is 160 Å². The lowest BCUT2D eigenvalue weighted by Crippen LogP contribution is -2.35. The lowest BCUT2D eigenvalue weighted by atomic mass is 10.1. The topological polar surface area (TPSA) is 116 Å². The Hall–Kier alpha value is -2.26. The average Bonchev–Trinajstić information content (AvgIpc) is 3.02. The van der Waals surface area contributed by atoms with Crippen LogP contribution < -0.4 is 9.42 Å². The number of aromatic amines is 1. The number of nitrogens with one attached hydrogen (secondary N) is 1. The zero-order valence-corrected chi connectivity index (χ0v) is 17.0. The van der Waals surface area contributed by atoms with E-state index in [-0.39, 0.29) is 5.97 Å². The van der Waals surface area contributed by atoms with Crippen LogP contribution in [-0.2, 0) is 21.5 Å². The van der Waals surface area contributed by atoms with Gasteiger partial charge in [0.1, 0.15) is 12.3 Å². The molecule has 0 aliphatic rings. The first-order valence-electron chi connectivity index (χ1n) is 8.69. The molecular weight excluding hydrogens is 370 g/mol. The maximum Gasteiger partial charge on any atom is 0.311 e. The van der Waals surface area contributed by atoms with E-state index in [1.165, 1.54) is 0 Å². The first-order valence-corrected chi connectivity index (χ1v) is 10.5. The minimum atomic E-state index is -3.92. The van der Waals surface area contributed by atoms with Crippen molar-refractivity contribution >= 4 is 16.1 Å². The summed E-state index contributed by atoms with van der Waals surface area (Å²) < 4.78 is 34.7. The summed E-state index contributed by atoms with van der Waals surface area (Å²) in [4.78, 5) is 15.9. The Kier molecular flexibility index (Phi) is 9.10. The average molecular weight is 397 g/mol. The van der Waals surface area contributed by atoms with Crippen LogP contribution in [0.5, 0.6) is 5.75 Å². The van der Waals surface area contributed by atoms with E-state index >= 15 is 0 Å². The number of benzene rings is 1. The van der Waals surface area contributed by atoms with Crippen molar-refractivity contribution in [1.29, 1.82) is 0 Å². The summed E-state index contributed by atoms with van der Waals surface area (Å²) in [5.41, 5.74) is 3.12. The van der Waals surface area contributed by atoms with Gasteiger partial charge in [-0.15, -0.1) is 0 Å². The van der Waals surface area contributed by atoms with Gasteiger partial charge < -0.3 is 9.29 Å². The van der Waals surface area contributed by atoms with E-state index in [0.717, 1.165) is 36.0 Å². The third-order valence-electron chi connectivity index (χ3n) is 3.58. The Balaban J connectivity index is 0.000000646. The second kappa shape index (κ2) is 10.8. The van der Waals surface area contributed by atoms with E-state index in [2.05, 4.69) is 29.1 Å². The van der Waals surface area contributed by atoms with Crippen molar-refractivity contribution in [3.8, 4) is 5.75 Å². The summed E-state index contributed by atoms with van der Waals surface area (Å²) in [7, 11) is -3.92. The molecule has 0 spiro atoms. The Morgan fingerprint density at radius 3 is 2.33 bits per heavy atom. The van der Waals surface area contributed by atoms with Crippen LogP contribution >= 0.6 is 0 Å². The van der Waals surface area contributed by atoms with Gasteiger partial charge in [0.25, 0.3) is 0 Å². The molecule has 0 aliphatic carbocycles. The van der Waals surface area contributed by atoms with Crippen LogP contribution in [0.2, 0.25) is 0 Å². The number of nitrogens with zero attached hydrogens (tertiary/aromatic N) is 2. The van der Waals surface area contributed by atoms with Crippen molar-refractivity contribution in [3.05, 3.63) is 41.5 Å². The summed E-state index contributed by atoms with van der Waals surface area (Å²) in [5, 5.41) is 3.02. The normalized spacial score (nSPS) is 10.9. The van der Waals surface area contributed by atoms with Crippen molar-refractivity contribution in [2.45, 2.75) is 53.0 Å². The quantitative estimate of drug-likeness (QED) is 0.251. The maximum atomic E-state index is 11.9. The molecule has 0 saturated carbocycles. The minimum Gasteiger partial charge on any atom is -0.748 e. The molecule has 9 heteroatoms. The van der Waals surface area contributed by atoms with E-state index in [1.54, 1.807) is 12.7 Å². The highest BCUT2D eigenvalue weighted by Crippen LogP contribution is 2.25. The largest absolute Gasteiger partial charge is 0.748 e. The molecule has 8 nitrogen and oxygen atoms in total. The summed E-state index contributed by atoms with van der Waals surface area (Å²) in [6.45, 7) is 6.79. The van der Waals surface area contributed by atoms with Crippen LogP contribution in [0.3, 0.4) is 0 Å². The zero-order chi connectivity index (χ0) is 20.4. The van der Waals surface area contributed by atoms with Gasteiger partial charge in [-0.05, 0) is 54.1 Å². The number of H-pyrrole nitrogens is 1. The predicted octanol–water partition coefficient (Wildman–Crippen LogP) is 2.01. The molecule has 0 aliphatic heterocycles. The fourth-order valence-corrected chi connectivity index (χ4v) is 2.51. The van der Waals surface area contributed by atoms with Gasteiger partial charge >= 0.3 is 12.3 Å². The van der Waals surface area contributed by atoms with E-state index in [0.29, 0.717) is 25.0 Å². The number of unbranched alkanes of at least 4 members (excludes halogenated alkanes) is 2. The van der Waals surface area contributed by atoms with E-state index in [4.69, 9.17) is 17.7 Å². The smallest absolute Gasteiger partial charge is 0.311 e. The zero-order valence-electron chi connectivity index (χ0n) is 16.2. The molecule has 2 rings (SSSR count). The first-order chi connectivity index (χ1) is 12.6. The third kappa shape index (κ3) is 9.86. The molecule has 2 aromatic rings. The molecule has 0 atom stereocenters. The molecule has 0 radical (unpaired) electrons. The molecule has 27 heavy (non-hydrogen) atoms. The fraction of sp³-hybridized carbons (Fsp3) is 0.500. The highest BCUT2D eigenvalue weighted by molar-refractivity contribution is 7.84. The van der Waals surface area contributed by atoms with Gasteiger partial charge in [0.15, 0.2) is 0 Å². The fourth-order valence-electron chi connectivity index (χ4n) is 2.51. The van der Waals surface area contributed by atoms with Crippen LogP contribution in [0.4, 0.5) is 0 Å². The summed E-state index contributed by atoms with van der Waals surface area (Å²) >= 11 is 0. The van der Waals surface area contributed by atoms with Gasteiger partial charge in [-0.2, -0.15) is 9.78 Å². The third-order valence-corrected chi connectivity index (χ3v) is 3.58. The Morgan fingerprint density at radius 1 is 1.26 bits per heavy atom. The summed E-state index contributed by atoms with van der Waals surface area (Å²) in [5.74, 6) is 0.551. The molecule has 0 bridgehead atoms. The van der Waals surface area contributed by atoms with Crippen molar-refractivity contribution in [3.63, 3.8) is 0 Å². The number of esters is 1. The number of carbonyl (C=O) groups excluding carboxylic acids is 1. The highest BCUT2D eigenvalue weighted by Gasteiger charge is 2.12. The predicted molar refractivity (Wildman–Crippen MR) is 99.2 cm³/mol. The second-order valence-corrected chi connectivity index (χ2v) is 7.75. The molecule has 150 valence electrons. The van der Waals surface area contributed by atoms with Gasteiger partial charge in [0.05, 0.1) is 10.1 Å². The van der Waals surface area contributed by atoms with Crippen LogP contribution in [-0.4, -0.2) is 35.3 Å². The molecule has 1 aromatic carbocycles. The number of aromatic nitrogens is 3. The first kappa shape index (κ1) is 22.8. The molecule has 0 fully saturated rings. The SMILES string of the molecule is CCCCCC(=O)Oc1c(C)cc(C[n+]2cnc[nH]2)cc1C.CS(=O)(=O)[O-]. The Bertz CT molecular complexity index is 802. The number of ether oxygens (including phenoxy) is 1. The molecule has 1 N–H and O–H groups in total. The van der Waals surface area contributed by atoms with Crippen LogP contribution in [0.25, 0.3) is 0 Å². The number of hydrogen-bond donors (Lipinski definition) is 1. The molecular formula is C18H27N3O5S. The van der Waals surface area contributed by atoms with Crippen LogP contribution in [0, 0.1) is 13.8 Å². The molecule has 0 unspecified atom stereocenters. The van der Waals surface area contributed by atoms with Gasteiger partial charge in [-0.3, -0.25) is 4.79 Å². The van der Waals surface area contributed by atoms with E-state index in [9.17, 15) is 4.79 Å². The number of rotatable bonds is 7. The van der Waals surface area contributed by atoms with Gasteiger partial charge in [0.2, 0.25) is 6.33 Å². The lowest BCUT2D eigenvalue weighted by Gasteiger charge is -2.12. The molecule has 0 saturated heterocycles. The summed E-state index contributed by atoms with van der Waals surface area (Å²) in [6.07, 6.45) is 7.53. The van der Waals surface area contributed by atoms with Crippen LogP contribution in [0.1, 0.15) is 49.3 Å². The van der Waals surface area contributed by atoms with Crippen LogP contribution in [0.15, 0.2) is 24.8 Å². The minimum absolute atomic E-state index is 0.143. The number of carbonyl (C=O) groups is 1. The monoisotopic (exact) mass is 397 g/mol. The van der Waals surface area contributed by atoms with Crippen molar-refractivity contribution in [1.82, 2.24) is 10.1 Å². The number of hydrogen-bond acceptors (Lipinski definition) is 6. The summed E-state index contributed by atoms with van der Waals surface area (Å²) in [6, 6.07) is 4.10. The van der Waals surface area contributed by atoms with Crippen molar-refractivity contribution in [2.75, 3.05) is 6.26 Å². The molecule has 0 amide bonds.